The van der Waals surface area contributed by atoms with E-state index in [1.807, 2.05) is 25.1 Å². The van der Waals surface area contributed by atoms with Gasteiger partial charge in [-0.2, -0.15) is 0 Å². The summed E-state index contributed by atoms with van der Waals surface area (Å²) >= 11 is 0. The van der Waals surface area contributed by atoms with Crippen molar-refractivity contribution < 1.29 is 14.3 Å². The number of oxazole rings is 1. The van der Waals surface area contributed by atoms with E-state index in [2.05, 4.69) is 4.98 Å². The lowest BCUT2D eigenvalue weighted by Crippen LogP contribution is -2.01. The summed E-state index contributed by atoms with van der Waals surface area (Å²) in [5.74, 6) is 0.128. The molecule has 1 fully saturated rings. The second kappa shape index (κ2) is 3.58. The Morgan fingerprint density at radius 1 is 1.59 bits per heavy atom. The molecule has 17 heavy (non-hydrogen) atoms. The van der Waals surface area contributed by atoms with E-state index in [-0.39, 0.29) is 11.8 Å². The van der Waals surface area contributed by atoms with E-state index in [4.69, 9.17) is 9.52 Å². The number of carboxylic acids is 1. The quantitative estimate of drug-likeness (QED) is 0.881. The molecule has 0 radical (unpaired) electrons. The van der Waals surface area contributed by atoms with Gasteiger partial charge in [0.2, 0.25) is 0 Å². The minimum absolute atomic E-state index is 0.148. The molecule has 0 amide bonds. The minimum atomic E-state index is -0.673. The molecule has 0 bridgehead atoms. The standard InChI is InChI=1S/C13H13NO3/c1-7-14-11-5-8(2-3-12(11)17-7)4-9-6-10(9)13(15)16/h2-3,5,9-10H,4,6H2,1H3,(H,15,16). The molecule has 3 rings (SSSR count). The molecule has 1 saturated carbocycles. The smallest absolute Gasteiger partial charge is 0.306 e. The van der Waals surface area contributed by atoms with E-state index in [1.165, 1.54) is 0 Å². The molecule has 0 spiro atoms. The number of aryl methyl sites for hydroxylation is 1. The molecule has 1 aromatic carbocycles. The van der Waals surface area contributed by atoms with Crippen LogP contribution in [0.4, 0.5) is 0 Å². The number of aromatic nitrogens is 1. The van der Waals surface area contributed by atoms with Crippen LogP contribution in [0.1, 0.15) is 17.9 Å². The Morgan fingerprint density at radius 2 is 2.41 bits per heavy atom. The molecule has 2 aromatic rings. The van der Waals surface area contributed by atoms with Crippen LogP contribution in [0, 0.1) is 18.8 Å². The highest BCUT2D eigenvalue weighted by molar-refractivity contribution is 5.74. The number of rotatable bonds is 3. The van der Waals surface area contributed by atoms with Gasteiger partial charge in [-0.25, -0.2) is 4.98 Å². The summed E-state index contributed by atoms with van der Waals surface area (Å²) in [5.41, 5.74) is 2.78. The predicted octanol–water partition coefficient (Wildman–Crippen LogP) is 2.40. The number of nitrogens with zero attached hydrogens (tertiary/aromatic N) is 1. The Kier molecular flexibility index (Phi) is 2.18. The molecular formula is C13H13NO3. The van der Waals surface area contributed by atoms with Gasteiger partial charge in [0.05, 0.1) is 5.92 Å². The van der Waals surface area contributed by atoms with Crippen LogP contribution in [-0.2, 0) is 11.2 Å². The average molecular weight is 231 g/mol. The van der Waals surface area contributed by atoms with Crippen molar-refractivity contribution >= 4 is 17.1 Å². The molecule has 0 saturated heterocycles. The Labute approximate surface area is 98.3 Å². The minimum Gasteiger partial charge on any atom is -0.481 e. The SMILES string of the molecule is Cc1nc2cc(CC3CC3C(=O)O)ccc2o1. The summed E-state index contributed by atoms with van der Waals surface area (Å²) in [5, 5.41) is 8.85. The molecule has 1 heterocycles. The lowest BCUT2D eigenvalue weighted by Gasteiger charge is -1.98. The van der Waals surface area contributed by atoms with E-state index in [0.717, 1.165) is 29.5 Å². The molecule has 1 aliphatic rings. The van der Waals surface area contributed by atoms with Crippen LogP contribution in [0.5, 0.6) is 0 Å². The molecule has 2 unspecified atom stereocenters. The number of carbonyl (C=O) groups is 1. The summed E-state index contributed by atoms with van der Waals surface area (Å²) in [6, 6.07) is 5.88. The molecular weight excluding hydrogens is 218 g/mol. The molecule has 2 atom stereocenters. The van der Waals surface area contributed by atoms with Gasteiger partial charge in [-0.3, -0.25) is 4.79 Å². The third kappa shape index (κ3) is 1.90. The first-order valence-electron chi connectivity index (χ1n) is 5.72. The van der Waals surface area contributed by atoms with Crippen molar-refractivity contribution in [2.45, 2.75) is 19.8 Å². The zero-order chi connectivity index (χ0) is 12.0. The Hall–Kier alpha value is -1.84. The van der Waals surface area contributed by atoms with Crippen LogP contribution >= 0.6 is 0 Å². The Bertz CT molecular complexity index is 587. The van der Waals surface area contributed by atoms with E-state index in [1.54, 1.807) is 0 Å². The fourth-order valence-corrected chi connectivity index (χ4v) is 2.29. The molecule has 4 nitrogen and oxygen atoms in total. The van der Waals surface area contributed by atoms with Crippen LogP contribution in [0.15, 0.2) is 22.6 Å². The topological polar surface area (TPSA) is 63.3 Å². The van der Waals surface area contributed by atoms with Gasteiger partial charge in [-0.1, -0.05) is 6.07 Å². The number of fused-ring (bicyclic) bond motifs is 1. The molecule has 1 N–H and O–H groups in total. The van der Waals surface area contributed by atoms with Gasteiger partial charge in [0.1, 0.15) is 5.52 Å². The first-order chi connectivity index (χ1) is 8.13. The average Bonchev–Trinajstić information content (AvgIpc) is 2.92. The second-order valence-electron chi connectivity index (χ2n) is 4.68. The summed E-state index contributed by atoms with van der Waals surface area (Å²) in [6.07, 6.45) is 1.62. The molecule has 1 aromatic heterocycles. The van der Waals surface area contributed by atoms with Gasteiger partial charge in [-0.15, -0.1) is 0 Å². The van der Waals surface area contributed by atoms with E-state index in [9.17, 15) is 4.79 Å². The Morgan fingerprint density at radius 3 is 3.12 bits per heavy atom. The van der Waals surface area contributed by atoms with E-state index >= 15 is 0 Å². The predicted molar refractivity (Wildman–Crippen MR) is 61.7 cm³/mol. The van der Waals surface area contributed by atoms with Crippen molar-refractivity contribution in [3.05, 3.63) is 29.7 Å². The maximum atomic E-state index is 10.8. The molecule has 4 heteroatoms. The fraction of sp³-hybridized carbons (Fsp3) is 0.385. The number of aliphatic carboxylic acids is 1. The number of hydrogen-bond acceptors (Lipinski definition) is 3. The van der Waals surface area contributed by atoms with Crippen LogP contribution in [-0.4, -0.2) is 16.1 Å². The normalized spacial score (nSPS) is 22.9. The summed E-state index contributed by atoms with van der Waals surface area (Å²) < 4.78 is 5.40. The third-order valence-electron chi connectivity index (χ3n) is 3.30. The number of hydrogen-bond donors (Lipinski definition) is 1. The largest absolute Gasteiger partial charge is 0.481 e. The maximum absolute atomic E-state index is 10.8. The van der Waals surface area contributed by atoms with Crippen molar-refractivity contribution in [1.29, 1.82) is 0 Å². The van der Waals surface area contributed by atoms with Gasteiger partial charge < -0.3 is 9.52 Å². The highest BCUT2D eigenvalue weighted by Gasteiger charge is 2.42. The summed E-state index contributed by atoms with van der Waals surface area (Å²) in [7, 11) is 0. The molecule has 0 aliphatic heterocycles. The van der Waals surface area contributed by atoms with E-state index in [0.29, 0.717) is 5.89 Å². The highest BCUT2D eigenvalue weighted by atomic mass is 16.4. The monoisotopic (exact) mass is 231 g/mol. The second-order valence-corrected chi connectivity index (χ2v) is 4.68. The van der Waals surface area contributed by atoms with Crippen molar-refractivity contribution in [1.82, 2.24) is 4.98 Å². The van der Waals surface area contributed by atoms with Crippen LogP contribution in [0.25, 0.3) is 11.1 Å². The summed E-state index contributed by atoms with van der Waals surface area (Å²) in [6.45, 7) is 1.82. The third-order valence-corrected chi connectivity index (χ3v) is 3.30. The van der Waals surface area contributed by atoms with Gasteiger partial charge in [0.25, 0.3) is 0 Å². The lowest BCUT2D eigenvalue weighted by molar-refractivity contribution is -0.138. The van der Waals surface area contributed by atoms with Crippen LogP contribution in [0.2, 0.25) is 0 Å². The first kappa shape index (κ1) is 10.3. The number of carboxylic acid groups (broad SMARTS) is 1. The van der Waals surface area contributed by atoms with Crippen molar-refractivity contribution in [3.63, 3.8) is 0 Å². The Balaban J connectivity index is 1.80. The van der Waals surface area contributed by atoms with Crippen molar-refractivity contribution in [2.24, 2.45) is 11.8 Å². The zero-order valence-corrected chi connectivity index (χ0v) is 9.51. The highest BCUT2D eigenvalue weighted by Crippen LogP contribution is 2.41. The van der Waals surface area contributed by atoms with Crippen molar-refractivity contribution in [3.8, 4) is 0 Å². The molecule has 1 aliphatic carbocycles. The molecule has 88 valence electrons. The fourth-order valence-electron chi connectivity index (χ4n) is 2.29. The summed E-state index contributed by atoms with van der Waals surface area (Å²) in [4.78, 5) is 15.0. The zero-order valence-electron chi connectivity index (χ0n) is 9.51. The van der Waals surface area contributed by atoms with Gasteiger partial charge >= 0.3 is 5.97 Å². The van der Waals surface area contributed by atoms with Gasteiger partial charge in [0.15, 0.2) is 11.5 Å². The van der Waals surface area contributed by atoms with Crippen LogP contribution in [0.3, 0.4) is 0 Å². The van der Waals surface area contributed by atoms with E-state index < -0.39 is 5.97 Å². The van der Waals surface area contributed by atoms with Gasteiger partial charge in [-0.05, 0) is 36.5 Å². The van der Waals surface area contributed by atoms with Crippen molar-refractivity contribution in [2.75, 3.05) is 0 Å². The van der Waals surface area contributed by atoms with Crippen LogP contribution < -0.4 is 0 Å². The van der Waals surface area contributed by atoms with Gasteiger partial charge in [0, 0.05) is 6.92 Å². The lowest BCUT2D eigenvalue weighted by atomic mass is 10.1. The first-order valence-corrected chi connectivity index (χ1v) is 5.72. The number of benzene rings is 1. The maximum Gasteiger partial charge on any atom is 0.306 e.